The number of primary amides is 1. The Balaban J connectivity index is 2.13. The van der Waals surface area contributed by atoms with Crippen LogP contribution in [0.25, 0.3) is 0 Å². The average molecular weight is 248 g/mol. The second-order valence-electron chi connectivity index (χ2n) is 4.37. The van der Waals surface area contributed by atoms with Gasteiger partial charge in [-0.1, -0.05) is 12.2 Å². The summed E-state index contributed by atoms with van der Waals surface area (Å²) in [5, 5.41) is 1.87. The summed E-state index contributed by atoms with van der Waals surface area (Å²) >= 11 is 0. The molecule has 94 valence electrons. The first kappa shape index (κ1) is 11.9. The van der Waals surface area contributed by atoms with Gasteiger partial charge in [-0.25, -0.2) is 0 Å². The number of nitrogens with one attached hydrogen (secondary N) is 1. The van der Waals surface area contributed by atoms with Crippen molar-refractivity contribution in [1.82, 2.24) is 5.32 Å². The molecular formula is C10H11F3N2O2. The van der Waals surface area contributed by atoms with Gasteiger partial charge in [-0.2, -0.15) is 13.2 Å². The second-order valence-corrected chi connectivity index (χ2v) is 4.37. The summed E-state index contributed by atoms with van der Waals surface area (Å²) in [6.45, 7) is 0. The molecule has 2 amide bonds. The van der Waals surface area contributed by atoms with Gasteiger partial charge in [-0.3, -0.25) is 9.59 Å². The normalized spacial score (nSPS) is 35.0. The number of rotatable bonds is 2. The van der Waals surface area contributed by atoms with Crippen molar-refractivity contribution >= 4 is 11.8 Å². The summed E-state index contributed by atoms with van der Waals surface area (Å²) in [7, 11) is 0. The first-order chi connectivity index (χ1) is 7.80. The molecule has 1 fully saturated rings. The molecule has 0 aromatic heterocycles. The zero-order valence-electron chi connectivity index (χ0n) is 8.70. The zero-order valence-corrected chi connectivity index (χ0v) is 8.70. The molecule has 0 heterocycles. The maximum absolute atomic E-state index is 12.1. The van der Waals surface area contributed by atoms with E-state index in [4.69, 9.17) is 5.73 Å². The number of halogens is 3. The Morgan fingerprint density at radius 2 is 1.82 bits per heavy atom. The van der Waals surface area contributed by atoms with E-state index in [1.807, 2.05) is 5.32 Å². The van der Waals surface area contributed by atoms with Gasteiger partial charge in [0.05, 0.1) is 5.92 Å². The predicted octanol–water partition coefficient (Wildman–Crippen LogP) is 0.341. The molecule has 0 aliphatic heterocycles. The first-order valence-electron chi connectivity index (χ1n) is 5.16. The number of carbonyl (C=O) groups is 2. The number of hydrogen-bond donors (Lipinski definition) is 2. The van der Waals surface area contributed by atoms with Crippen molar-refractivity contribution in [3.63, 3.8) is 0 Å². The van der Waals surface area contributed by atoms with E-state index in [9.17, 15) is 22.8 Å². The lowest BCUT2D eigenvalue weighted by Gasteiger charge is -2.26. The Bertz CT molecular complexity index is 392. The van der Waals surface area contributed by atoms with Crippen LogP contribution in [0.4, 0.5) is 13.2 Å². The van der Waals surface area contributed by atoms with E-state index < -0.39 is 30.0 Å². The fourth-order valence-corrected chi connectivity index (χ4v) is 2.64. The number of amides is 2. The molecule has 2 rings (SSSR count). The fraction of sp³-hybridized carbons (Fsp3) is 0.600. The lowest BCUT2D eigenvalue weighted by atomic mass is 9.88. The van der Waals surface area contributed by atoms with Crippen LogP contribution in [0.1, 0.15) is 6.42 Å². The van der Waals surface area contributed by atoms with Crippen LogP contribution >= 0.6 is 0 Å². The van der Waals surface area contributed by atoms with E-state index in [1.54, 1.807) is 12.2 Å². The smallest absolute Gasteiger partial charge is 0.369 e. The molecule has 7 heteroatoms. The largest absolute Gasteiger partial charge is 0.471 e. The quantitative estimate of drug-likeness (QED) is 0.692. The predicted molar refractivity (Wildman–Crippen MR) is 51.4 cm³/mol. The summed E-state index contributed by atoms with van der Waals surface area (Å²) in [4.78, 5) is 22.0. The Hall–Kier alpha value is -1.53. The van der Waals surface area contributed by atoms with E-state index in [0.29, 0.717) is 6.42 Å². The van der Waals surface area contributed by atoms with Crippen LogP contribution in [0.5, 0.6) is 0 Å². The standard InChI is InChI=1S/C10H11F3N2O2/c11-10(12,13)9(17)15-7-5-2-1-4(3-5)6(7)8(14)16/h1-2,4-7H,3H2,(H2,14,16)(H,15,17)/t4-,5-,6-,7-/m0/s1. The number of nitrogens with two attached hydrogens (primary N) is 1. The minimum atomic E-state index is -4.94. The minimum Gasteiger partial charge on any atom is -0.369 e. The van der Waals surface area contributed by atoms with Crippen molar-refractivity contribution in [3.8, 4) is 0 Å². The van der Waals surface area contributed by atoms with Gasteiger partial charge < -0.3 is 11.1 Å². The van der Waals surface area contributed by atoms with Crippen molar-refractivity contribution in [2.24, 2.45) is 23.5 Å². The highest BCUT2D eigenvalue weighted by atomic mass is 19.4. The van der Waals surface area contributed by atoms with Crippen molar-refractivity contribution < 1.29 is 22.8 Å². The third-order valence-electron chi connectivity index (χ3n) is 3.34. The van der Waals surface area contributed by atoms with Gasteiger partial charge in [-0.15, -0.1) is 0 Å². The molecule has 4 atom stereocenters. The lowest BCUT2D eigenvalue weighted by molar-refractivity contribution is -0.175. The van der Waals surface area contributed by atoms with Gasteiger partial charge in [0.2, 0.25) is 5.91 Å². The Morgan fingerprint density at radius 1 is 1.24 bits per heavy atom. The number of hydrogen-bond acceptors (Lipinski definition) is 2. The van der Waals surface area contributed by atoms with Gasteiger partial charge in [0.15, 0.2) is 0 Å². The molecule has 2 bridgehead atoms. The van der Waals surface area contributed by atoms with Crippen LogP contribution in [0.3, 0.4) is 0 Å². The topological polar surface area (TPSA) is 72.2 Å². The van der Waals surface area contributed by atoms with E-state index in [0.717, 1.165) is 0 Å². The van der Waals surface area contributed by atoms with E-state index in [1.165, 1.54) is 0 Å². The maximum atomic E-state index is 12.1. The third kappa shape index (κ3) is 2.01. The van der Waals surface area contributed by atoms with Crippen LogP contribution in [-0.4, -0.2) is 24.0 Å². The van der Waals surface area contributed by atoms with Crippen LogP contribution in [-0.2, 0) is 9.59 Å². The number of allylic oxidation sites excluding steroid dienone is 1. The van der Waals surface area contributed by atoms with E-state index >= 15 is 0 Å². The van der Waals surface area contributed by atoms with Crippen molar-refractivity contribution in [2.75, 3.05) is 0 Å². The van der Waals surface area contributed by atoms with E-state index in [-0.39, 0.29) is 11.8 Å². The highest BCUT2D eigenvalue weighted by molar-refractivity contribution is 5.84. The Labute approximate surface area is 95.0 Å². The second kappa shape index (κ2) is 3.75. The molecule has 0 saturated heterocycles. The molecule has 1 saturated carbocycles. The third-order valence-corrected chi connectivity index (χ3v) is 3.34. The summed E-state index contributed by atoms with van der Waals surface area (Å²) in [6, 6.07) is -0.836. The van der Waals surface area contributed by atoms with Gasteiger partial charge in [0.1, 0.15) is 0 Å². The highest BCUT2D eigenvalue weighted by Crippen LogP contribution is 2.43. The number of carbonyl (C=O) groups excluding carboxylic acids is 2. The van der Waals surface area contributed by atoms with Crippen molar-refractivity contribution in [3.05, 3.63) is 12.2 Å². The summed E-state index contributed by atoms with van der Waals surface area (Å²) < 4.78 is 36.4. The number of fused-ring (bicyclic) bond motifs is 2. The molecule has 3 N–H and O–H groups in total. The van der Waals surface area contributed by atoms with Crippen molar-refractivity contribution in [2.45, 2.75) is 18.6 Å². The highest BCUT2D eigenvalue weighted by Gasteiger charge is 2.50. The van der Waals surface area contributed by atoms with Crippen LogP contribution in [0, 0.1) is 17.8 Å². The molecule has 2 aliphatic rings. The van der Waals surface area contributed by atoms with Crippen LogP contribution < -0.4 is 11.1 Å². The Morgan fingerprint density at radius 3 is 2.35 bits per heavy atom. The molecule has 0 aromatic rings. The van der Waals surface area contributed by atoms with Crippen molar-refractivity contribution in [1.29, 1.82) is 0 Å². The number of alkyl halides is 3. The monoisotopic (exact) mass is 248 g/mol. The fourth-order valence-electron chi connectivity index (χ4n) is 2.64. The zero-order chi connectivity index (χ0) is 12.8. The molecule has 4 nitrogen and oxygen atoms in total. The maximum Gasteiger partial charge on any atom is 0.471 e. The minimum absolute atomic E-state index is 0.156. The Kier molecular flexibility index (Phi) is 2.63. The summed E-state index contributed by atoms with van der Waals surface area (Å²) in [6.07, 6.45) is -0.869. The molecule has 0 spiro atoms. The summed E-state index contributed by atoms with van der Waals surface area (Å²) in [5.41, 5.74) is 5.15. The molecule has 17 heavy (non-hydrogen) atoms. The van der Waals surface area contributed by atoms with Crippen LogP contribution in [0.2, 0.25) is 0 Å². The van der Waals surface area contributed by atoms with Gasteiger partial charge >= 0.3 is 12.1 Å². The summed E-state index contributed by atoms with van der Waals surface area (Å²) in [5.74, 6) is -3.82. The van der Waals surface area contributed by atoms with Gasteiger partial charge in [-0.05, 0) is 18.3 Å². The lowest BCUT2D eigenvalue weighted by Crippen LogP contribution is -2.51. The molecule has 0 unspecified atom stereocenters. The molecule has 0 radical (unpaired) electrons. The van der Waals surface area contributed by atoms with E-state index in [2.05, 4.69) is 0 Å². The molecule has 2 aliphatic carbocycles. The van der Waals surface area contributed by atoms with Gasteiger partial charge in [0, 0.05) is 6.04 Å². The SMILES string of the molecule is NC(=O)[C@@H]1[C@@H](NC(=O)C(F)(F)F)[C@H]2C=C[C@H]1C2. The molecule has 0 aromatic carbocycles. The average Bonchev–Trinajstić information content (AvgIpc) is 2.75. The first-order valence-corrected chi connectivity index (χ1v) is 5.16. The van der Waals surface area contributed by atoms with Crippen LogP contribution in [0.15, 0.2) is 12.2 Å². The molecular weight excluding hydrogens is 237 g/mol. The van der Waals surface area contributed by atoms with Gasteiger partial charge in [0.25, 0.3) is 0 Å².